The molecule has 0 aliphatic carbocycles. The van der Waals surface area contributed by atoms with Crippen LogP contribution in [0.4, 0.5) is 4.39 Å². The second-order valence-corrected chi connectivity index (χ2v) is 5.72. The Balaban J connectivity index is 1.84. The fraction of sp³-hybridized carbons (Fsp3) is 0.0556. The van der Waals surface area contributed by atoms with Crippen molar-refractivity contribution in [2.45, 2.75) is 6.61 Å². The van der Waals surface area contributed by atoms with Crippen LogP contribution in [0.25, 0.3) is 11.3 Å². The molecule has 5 heteroatoms. The molecule has 116 valence electrons. The van der Waals surface area contributed by atoms with Gasteiger partial charge in [0, 0.05) is 5.56 Å². The topological polar surface area (TPSA) is 39.4 Å². The quantitative estimate of drug-likeness (QED) is 0.573. The van der Waals surface area contributed by atoms with E-state index in [2.05, 4.69) is 15.9 Å². The van der Waals surface area contributed by atoms with Gasteiger partial charge in [-0.15, -0.1) is 0 Å². The lowest BCUT2D eigenvalue weighted by Crippen LogP contribution is -1.98. The van der Waals surface area contributed by atoms with Crippen LogP contribution >= 0.6 is 15.9 Å². The predicted molar refractivity (Wildman–Crippen MR) is 88.0 cm³/mol. The van der Waals surface area contributed by atoms with Gasteiger partial charge in [0.2, 0.25) is 0 Å². The molecule has 0 atom stereocenters. The zero-order valence-electron chi connectivity index (χ0n) is 12.0. The molecule has 0 saturated carbocycles. The molecule has 0 aliphatic rings. The van der Waals surface area contributed by atoms with E-state index in [1.54, 1.807) is 12.1 Å². The van der Waals surface area contributed by atoms with E-state index in [0.717, 1.165) is 5.56 Å². The maximum atomic E-state index is 14.3. The lowest BCUT2D eigenvalue weighted by molar-refractivity contribution is 0.110. The number of carbonyl (C=O) groups is 1. The highest BCUT2D eigenvalue weighted by Crippen LogP contribution is 2.34. The van der Waals surface area contributed by atoms with Crippen molar-refractivity contribution in [3.05, 3.63) is 76.2 Å². The summed E-state index contributed by atoms with van der Waals surface area (Å²) in [5, 5.41) is 0. The molecule has 0 saturated heterocycles. The third-order valence-corrected chi connectivity index (χ3v) is 3.84. The van der Waals surface area contributed by atoms with Crippen LogP contribution in [-0.2, 0) is 6.61 Å². The molecule has 0 N–H and O–H groups in total. The first-order valence-corrected chi connectivity index (χ1v) is 7.68. The molecule has 0 aliphatic heterocycles. The number of rotatable bonds is 5. The van der Waals surface area contributed by atoms with E-state index in [-0.39, 0.29) is 18.1 Å². The minimum atomic E-state index is -0.505. The zero-order valence-corrected chi connectivity index (χ0v) is 13.5. The summed E-state index contributed by atoms with van der Waals surface area (Å²) in [5.74, 6) is 0.247. The first-order chi connectivity index (χ1) is 11.2. The van der Waals surface area contributed by atoms with E-state index in [4.69, 9.17) is 9.15 Å². The highest BCUT2D eigenvalue weighted by Gasteiger charge is 2.14. The average Bonchev–Trinajstić information content (AvgIpc) is 3.04. The second kappa shape index (κ2) is 6.79. The number of carbonyl (C=O) groups excluding carboxylic acids is 1. The fourth-order valence-electron chi connectivity index (χ4n) is 2.14. The van der Waals surface area contributed by atoms with Crippen molar-refractivity contribution in [1.29, 1.82) is 0 Å². The highest BCUT2D eigenvalue weighted by atomic mass is 79.9. The lowest BCUT2D eigenvalue weighted by atomic mass is 10.1. The van der Waals surface area contributed by atoms with E-state index >= 15 is 0 Å². The van der Waals surface area contributed by atoms with Crippen LogP contribution in [0, 0.1) is 5.82 Å². The van der Waals surface area contributed by atoms with Crippen LogP contribution < -0.4 is 4.74 Å². The van der Waals surface area contributed by atoms with Gasteiger partial charge >= 0.3 is 0 Å². The van der Waals surface area contributed by atoms with Gasteiger partial charge in [0.05, 0.1) is 4.47 Å². The molecule has 23 heavy (non-hydrogen) atoms. The summed E-state index contributed by atoms with van der Waals surface area (Å²) >= 11 is 3.32. The molecule has 1 aromatic heterocycles. The van der Waals surface area contributed by atoms with Crippen molar-refractivity contribution in [3.8, 4) is 17.1 Å². The standard InChI is InChI=1S/C18H12BrFO3/c19-15-8-13(17-7-6-14(10-21)23-17)9-16(20)18(15)22-11-12-4-2-1-3-5-12/h1-10H,11H2. The van der Waals surface area contributed by atoms with E-state index in [1.807, 2.05) is 30.3 Å². The van der Waals surface area contributed by atoms with Crippen molar-refractivity contribution >= 4 is 22.2 Å². The van der Waals surface area contributed by atoms with Gasteiger partial charge in [-0.1, -0.05) is 30.3 Å². The van der Waals surface area contributed by atoms with Crippen LogP contribution in [0.15, 0.2) is 63.5 Å². The Kier molecular flexibility index (Phi) is 4.57. The molecule has 3 rings (SSSR count). The molecule has 0 unspecified atom stereocenters. The van der Waals surface area contributed by atoms with Gasteiger partial charge in [0.25, 0.3) is 0 Å². The number of ether oxygens (including phenoxy) is 1. The summed E-state index contributed by atoms with van der Waals surface area (Å²) in [7, 11) is 0. The Bertz CT molecular complexity index is 804. The van der Waals surface area contributed by atoms with Crippen molar-refractivity contribution in [1.82, 2.24) is 0 Å². The maximum Gasteiger partial charge on any atom is 0.185 e. The van der Waals surface area contributed by atoms with Gasteiger partial charge < -0.3 is 9.15 Å². The molecule has 0 amide bonds. The van der Waals surface area contributed by atoms with Crippen molar-refractivity contribution in [2.24, 2.45) is 0 Å². The van der Waals surface area contributed by atoms with Crippen LogP contribution in [0.1, 0.15) is 16.1 Å². The number of aldehydes is 1. The van der Waals surface area contributed by atoms with Crippen molar-refractivity contribution < 1.29 is 18.3 Å². The van der Waals surface area contributed by atoms with Gasteiger partial charge in [0.1, 0.15) is 12.4 Å². The Morgan fingerprint density at radius 3 is 2.57 bits per heavy atom. The SMILES string of the molecule is O=Cc1ccc(-c2cc(F)c(OCc3ccccc3)c(Br)c2)o1. The molecular formula is C18H12BrFO3. The Labute approximate surface area is 140 Å². The fourth-order valence-corrected chi connectivity index (χ4v) is 2.69. The highest BCUT2D eigenvalue weighted by molar-refractivity contribution is 9.10. The molecule has 0 spiro atoms. The summed E-state index contributed by atoms with van der Waals surface area (Å²) in [4.78, 5) is 10.7. The molecule has 0 fully saturated rings. The second-order valence-electron chi connectivity index (χ2n) is 4.86. The molecule has 3 aromatic rings. The molecule has 0 radical (unpaired) electrons. The number of benzene rings is 2. The smallest absolute Gasteiger partial charge is 0.185 e. The third kappa shape index (κ3) is 3.51. The summed E-state index contributed by atoms with van der Waals surface area (Å²) in [6.45, 7) is 0.270. The van der Waals surface area contributed by atoms with Crippen molar-refractivity contribution in [3.63, 3.8) is 0 Å². The Hall–Kier alpha value is -2.40. The summed E-state index contributed by atoms with van der Waals surface area (Å²) < 4.78 is 25.7. The van der Waals surface area contributed by atoms with Crippen molar-refractivity contribution in [2.75, 3.05) is 0 Å². The van der Waals surface area contributed by atoms with E-state index in [1.165, 1.54) is 12.1 Å². The molecule has 2 aromatic carbocycles. The molecule has 1 heterocycles. The monoisotopic (exact) mass is 374 g/mol. The zero-order chi connectivity index (χ0) is 16.2. The maximum absolute atomic E-state index is 14.3. The average molecular weight is 375 g/mol. The predicted octanol–water partition coefficient (Wildman–Crippen LogP) is 5.24. The summed E-state index contributed by atoms with van der Waals surface area (Å²) in [6.07, 6.45) is 0.603. The van der Waals surface area contributed by atoms with Gasteiger partial charge in [0.15, 0.2) is 23.6 Å². The molecule has 0 bridgehead atoms. The van der Waals surface area contributed by atoms with E-state index in [0.29, 0.717) is 22.1 Å². The summed E-state index contributed by atoms with van der Waals surface area (Å²) in [5.41, 5.74) is 1.47. The van der Waals surface area contributed by atoms with Gasteiger partial charge in [-0.3, -0.25) is 4.79 Å². The minimum Gasteiger partial charge on any atom is -0.485 e. The van der Waals surface area contributed by atoms with Crippen LogP contribution in [0.2, 0.25) is 0 Å². The molecular weight excluding hydrogens is 363 g/mol. The van der Waals surface area contributed by atoms with Gasteiger partial charge in [-0.25, -0.2) is 4.39 Å². The first kappa shape index (κ1) is 15.5. The largest absolute Gasteiger partial charge is 0.485 e. The number of hydrogen-bond donors (Lipinski definition) is 0. The van der Waals surface area contributed by atoms with Crippen LogP contribution in [0.5, 0.6) is 5.75 Å². The van der Waals surface area contributed by atoms with E-state index in [9.17, 15) is 9.18 Å². The molecule has 3 nitrogen and oxygen atoms in total. The Morgan fingerprint density at radius 2 is 1.91 bits per heavy atom. The first-order valence-electron chi connectivity index (χ1n) is 6.88. The Morgan fingerprint density at radius 1 is 1.13 bits per heavy atom. The minimum absolute atomic E-state index is 0.139. The number of furan rings is 1. The van der Waals surface area contributed by atoms with Gasteiger partial charge in [-0.05, 0) is 45.8 Å². The summed E-state index contributed by atoms with van der Waals surface area (Å²) in [6, 6.07) is 15.7. The van der Waals surface area contributed by atoms with Crippen LogP contribution in [0.3, 0.4) is 0 Å². The lowest BCUT2D eigenvalue weighted by Gasteiger charge is -2.10. The van der Waals surface area contributed by atoms with E-state index < -0.39 is 5.82 Å². The third-order valence-electron chi connectivity index (χ3n) is 3.25. The normalized spacial score (nSPS) is 10.5. The number of halogens is 2. The van der Waals surface area contributed by atoms with Gasteiger partial charge in [-0.2, -0.15) is 0 Å². The van der Waals surface area contributed by atoms with Crippen LogP contribution in [-0.4, -0.2) is 6.29 Å². The number of hydrogen-bond acceptors (Lipinski definition) is 3.